The van der Waals surface area contributed by atoms with Gasteiger partial charge < -0.3 is 0 Å². The summed E-state index contributed by atoms with van der Waals surface area (Å²) in [6.45, 7) is 3.85. The molecule has 0 atom stereocenters. The SMILES string of the molecule is Cc1ncc(Cn2nnnc2C)cc1F. The summed E-state index contributed by atoms with van der Waals surface area (Å²) >= 11 is 0. The van der Waals surface area contributed by atoms with Crippen LogP contribution in [0.4, 0.5) is 4.39 Å². The van der Waals surface area contributed by atoms with Crippen LogP contribution in [0.1, 0.15) is 17.1 Å². The molecule has 0 amide bonds. The maximum atomic E-state index is 13.2. The molecule has 0 N–H and O–H groups in total. The van der Waals surface area contributed by atoms with Gasteiger partial charge in [0.25, 0.3) is 0 Å². The van der Waals surface area contributed by atoms with Crippen molar-refractivity contribution in [3.63, 3.8) is 0 Å². The first-order valence-electron chi connectivity index (χ1n) is 4.50. The highest BCUT2D eigenvalue weighted by Crippen LogP contribution is 2.07. The molecule has 0 aromatic carbocycles. The largest absolute Gasteiger partial charge is 0.258 e. The highest BCUT2D eigenvalue weighted by Gasteiger charge is 2.04. The first kappa shape index (κ1) is 9.70. The van der Waals surface area contributed by atoms with Crippen LogP contribution < -0.4 is 0 Å². The summed E-state index contributed by atoms with van der Waals surface area (Å²) in [6, 6.07) is 1.45. The minimum Gasteiger partial charge on any atom is -0.258 e. The van der Waals surface area contributed by atoms with Crippen LogP contribution in [0, 0.1) is 19.7 Å². The molecule has 0 fully saturated rings. The van der Waals surface area contributed by atoms with Crippen LogP contribution in [-0.2, 0) is 6.54 Å². The predicted octanol–water partition coefficient (Wildman–Crippen LogP) is 0.872. The topological polar surface area (TPSA) is 56.5 Å². The number of halogens is 1. The number of nitrogens with zero attached hydrogens (tertiary/aromatic N) is 5. The Morgan fingerprint density at radius 1 is 1.40 bits per heavy atom. The molecule has 0 saturated heterocycles. The van der Waals surface area contributed by atoms with E-state index in [4.69, 9.17) is 0 Å². The van der Waals surface area contributed by atoms with Crippen molar-refractivity contribution in [2.75, 3.05) is 0 Å². The number of hydrogen-bond donors (Lipinski definition) is 0. The van der Waals surface area contributed by atoms with Gasteiger partial charge in [-0.25, -0.2) is 9.07 Å². The lowest BCUT2D eigenvalue weighted by atomic mass is 10.2. The Labute approximate surface area is 86.0 Å². The van der Waals surface area contributed by atoms with E-state index < -0.39 is 0 Å². The minimum absolute atomic E-state index is 0.307. The normalized spacial score (nSPS) is 10.6. The molecule has 0 bridgehead atoms. The molecule has 0 unspecified atom stereocenters. The summed E-state index contributed by atoms with van der Waals surface area (Å²) in [5.41, 5.74) is 1.14. The van der Waals surface area contributed by atoms with Gasteiger partial charge >= 0.3 is 0 Å². The second-order valence-corrected chi connectivity index (χ2v) is 3.29. The second kappa shape index (κ2) is 3.72. The zero-order valence-corrected chi connectivity index (χ0v) is 8.48. The van der Waals surface area contributed by atoms with Gasteiger partial charge in [-0.2, -0.15) is 0 Å². The molecule has 2 aromatic rings. The average molecular weight is 207 g/mol. The molecule has 6 heteroatoms. The quantitative estimate of drug-likeness (QED) is 0.733. The van der Waals surface area contributed by atoms with Gasteiger partial charge in [-0.05, 0) is 35.9 Å². The summed E-state index contributed by atoms with van der Waals surface area (Å²) in [6.07, 6.45) is 1.62. The number of hydrogen-bond acceptors (Lipinski definition) is 4. The van der Waals surface area contributed by atoms with Crippen molar-refractivity contribution in [1.82, 2.24) is 25.2 Å². The summed E-state index contributed by atoms with van der Waals surface area (Å²) in [5.74, 6) is 0.384. The Kier molecular flexibility index (Phi) is 2.40. The summed E-state index contributed by atoms with van der Waals surface area (Å²) < 4.78 is 14.8. The fraction of sp³-hybridized carbons (Fsp3) is 0.333. The van der Waals surface area contributed by atoms with Gasteiger partial charge in [-0.1, -0.05) is 0 Å². The van der Waals surface area contributed by atoms with Gasteiger partial charge in [-0.15, -0.1) is 5.10 Å². The second-order valence-electron chi connectivity index (χ2n) is 3.29. The highest BCUT2D eigenvalue weighted by atomic mass is 19.1. The molecule has 0 aliphatic heterocycles. The van der Waals surface area contributed by atoms with E-state index in [0.717, 1.165) is 5.56 Å². The number of aryl methyl sites for hydroxylation is 2. The van der Waals surface area contributed by atoms with E-state index in [0.29, 0.717) is 18.1 Å². The van der Waals surface area contributed by atoms with E-state index >= 15 is 0 Å². The van der Waals surface area contributed by atoms with Crippen molar-refractivity contribution in [3.05, 3.63) is 35.2 Å². The molecule has 0 radical (unpaired) electrons. The Hall–Kier alpha value is -1.85. The summed E-state index contributed by atoms with van der Waals surface area (Å²) in [7, 11) is 0. The standard InChI is InChI=1S/C9H10FN5/c1-6-9(10)3-8(4-11-6)5-15-7(2)12-13-14-15/h3-4H,5H2,1-2H3. The predicted molar refractivity (Wildman–Crippen MR) is 50.6 cm³/mol. The zero-order valence-electron chi connectivity index (χ0n) is 8.48. The molecular weight excluding hydrogens is 197 g/mol. The first-order valence-corrected chi connectivity index (χ1v) is 4.50. The molecular formula is C9H10FN5. The number of rotatable bonds is 2. The zero-order chi connectivity index (χ0) is 10.8. The third-order valence-corrected chi connectivity index (χ3v) is 2.13. The average Bonchev–Trinajstić information content (AvgIpc) is 2.59. The molecule has 2 aromatic heterocycles. The lowest BCUT2D eigenvalue weighted by Gasteiger charge is -2.02. The molecule has 0 spiro atoms. The van der Waals surface area contributed by atoms with Crippen molar-refractivity contribution in [2.45, 2.75) is 20.4 Å². The van der Waals surface area contributed by atoms with Crippen LogP contribution in [-0.4, -0.2) is 25.2 Å². The monoisotopic (exact) mass is 207 g/mol. The van der Waals surface area contributed by atoms with Crippen molar-refractivity contribution in [3.8, 4) is 0 Å². The maximum Gasteiger partial charge on any atom is 0.148 e. The molecule has 0 aliphatic carbocycles. The Balaban J connectivity index is 2.25. The summed E-state index contributed by atoms with van der Waals surface area (Å²) in [5, 5.41) is 11.0. The summed E-state index contributed by atoms with van der Waals surface area (Å²) in [4.78, 5) is 3.93. The van der Waals surface area contributed by atoms with Crippen molar-refractivity contribution in [2.24, 2.45) is 0 Å². The fourth-order valence-corrected chi connectivity index (χ4v) is 1.20. The highest BCUT2D eigenvalue weighted by molar-refractivity contribution is 5.15. The lowest BCUT2D eigenvalue weighted by molar-refractivity contribution is 0.593. The van der Waals surface area contributed by atoms with E-state index in [9.17, 15) is 4.39 Å². The molecule has 5 nitrogen and oxygen atoms in total. The van der Waals surface area contributed by atoms with Crippen LogP contribution in [0.2, 0.25) is 0 Å². The lowest BCUT2D eigenvalue weighted by Crippen LogP contribution is -2.05. The van der Waals surface area contributed by atoms with Crippen LogP contribution >= 0.6 is 0 Å². The van der Waals surface area contributed by atoms with Gasteiger partial charge in [0.15, 0.2) is 0 Å². The van der Waals surface area contributed by atoms with E-state index in [1.165, 1.54) is 6.07 Å². The van der Waals surface area contributed by atoms with Gasteiger partial charge in [0.05, 0.1) is 12.2 Å². The van der Waals surface area contributed by atoms with Gasteiger partial charge in [-0.3, -0.25) is 4.98 Å². The first-order chi connectivity index (χ1) is 7.16. The van der Waals surface area contributed by atoms with Gasteiger partial charge in [0.1, 0.15) is 11.6 Å². The number of tetrazole rings is 1. The molecule has 15 heavy (non-hydrogen) atoms. The van der Waals surface area contributed by atoms with E-state index in [1.54, 1.807) is 24.7 Å². The van der Waals surface area contributed by atoms with Crippen molar-refractivity contribution >= 4 is 0 Å². The third-order valence-electron chi connectivity index (χ3n) is 2.13. The minimum atomic E-state index is -0.307. The number of pyridine rings is 1. The molecule has 0 aliphatic rings. The van der Waals surface area contributed by atoms with Crippen molar-refractivity contribution in [1.29, 1.82) is 0 Å². The van der Waals surface area contributed by atoms with Gasteiger partial charge in [0, 0.05) is 6.20 Å². The maximum absolute atomic E-state index is 13.2. The van der Waals surface area contributed by atoms with Crippen LogP contribution in [0.15, 0.2) is 12.3 Å². The fourth-order valence-electron chi connectivity index (χ4n) is 1.20. The molecule has 2 rings (SSSR count). The van der Waals surface area contributed by atoms with E-state index in [1.807, 2.05) is 0 Å². The van der Waals surface area contributed by atoms with Gasteiger partial charge in [0.2, 0.25) is 0 Å². The molecule has 0 saturated carbocycles. The Bertz CT molecular complexity index is 479. The van der Waals surface area contributed by atoms with E-state index in [-0.39, 0.29) is 5.82 Å². The van der Waals surface area contributed by atoms with Crippen LogP contribution in [0.5, 0.6) is 0 Å². The number of aromatic nitrogens is 5. The Morgan fingerprint density at radius 2 is 2.20 bits per heavy atom. The van der Waals surface area contributed by atoms with Crippen LogP contribution in [0.25, 0.3) is 0 Å². The smallest absolute Gasteiger partial charge is 0.148 e. The van der Waals surface area contributed by atoms with E-state index in [2.05, 4.69) is 20.5 Å². The molecule has 2 heterocycles. The third kappa shape index (κ3) is 1.98. The van der Waals surface area contributed by atoms with Crippen molar-refractivity contribution < 1.29 is 4.39 Å². The molecule has 78 valence electrons. The Morgan fingerprint density at radius 3 is 2.80 bits per heavy atom. The van der Waals surface area contributed by atoms with Crippen LogP contribution in [0.3, 0.4) is 0 Å².